The van der Waals surface area contributed by atoms with Crippen LogP contribution in [0.25, 0.3) is 0 Å². The van der Waals surface area contributed by atoms with Gasteiger partial charge < -0.3 is 10.6 Å². The molecule has 0 aliphatic heterocycles. The van der Waals surface area contributed by atoms with Crippen LogP contribution >= 0.6 is 15.9 Å². The van der Waals surface area contributed by atoms with Crippen LogP contribution in [0, 0.1) is 10.1 Å². The molecule has 2 amide bonds. The molecule has 0 unspecified atom stereocenters. The third-order valence-electron chi connectivity index (χ3n) is 2.22. The normalized spacial score (nSPS) is 9.89. The molecule has 7 heteroatoms. The Kier molecular flexibility index (Phi) is 5.57. The van der Waals surface area contributed by atoms with Crippen molar-refractivity contribution in [2.45, 2.75) is 19.8 Å². The Balaban J connectivity index is 2.68. The van der Waals surface area contributed by atoms with E-state index in [1.165, 1.54) is 18.2 Å². The van der Waals surface area contributed by atoms with Gasteiger partial charge in [-0.25, -0.2) is 4.79 Å². The number of unbranched alkanes of at least 4 members (excludes halogenated alkanes) is 1. The van der Waals surface area contributed by atoms with Crippen molar-refractivity contribution in [2.75, 3.05) is 11.9 Å². The van der Waals surface area contributed by atoms with Crippen molar-refractivity contribution in [1.29, 1.82) is 0 Å². The van der Waals surface area contributed by atoms with Gasteiger partial charge >= 0.3 is 6.03 Å². The number of rotatable bonds is 5. The fourth-order valence-electron chi connectivity index (χ4n) is 1.27. The lowest BCUT2D eigenvalue weighted by Crippen LogP contribution is -2.29. The maximum absolute atomic E-state index is 11.5. The first-order valence-corrected chi connectivity index (χ1v) is 6.32. The van der Waals surface area contributed by atoms with Gasteiger partial charge in [0.15, 0.2) is 0 Å². The average molecular weight is 316 g/mol. The predicted molar refractivity (Wildman–Crippen MR) is 72.7 cm³/mol. The van der Waals surface area contributed by atoms with Crippen LogP contribution in [-0.2, 0) is 0 Å². The number of nitrogens with one attached hydrogen (secondary N) is 2. The average Bonchev–Trinajstić information content (AvgIpc) is 2.32. The van der Waals surface area contributed by atoms with Gasteiger partial charge in [0.1, 0.15) is 0 Å². The van der Waals surface area contributed by atoms with Crippen molar-refractivity contribution in [2.24, 2.45) is 0 Å². The molecule has 1 aromatic carbocycles. The number of hydrogen-bond acceptors (Lipinski definition) is 3. The Bertz CT molecular complexity index is 451. The van der Waals surface area contributed by atoms with E-state index >= 15 is 0 Å². The molecule has 98 valence electrons. The molecule has 0 bridgehead atoms. The molecule has 0 radical (unpaired) electrons. The van der Waals surface area contributed by atoms with Gasteiger partial charge in [-0.15, -0.1) is 0 Å². The second-order valence-electron chi connectivity index (χ2n) is 3.66. The molecule has 0 saturated heterocycles. The highest BCUT2D eigenvalue weighted by atomic mass is 79.9. The number of benzene rings is 1. The summed E-state index contributed by atoms with van der Waals surface area (Å²) in [4.78, 5) is 21.6. The number of nitro benzene ring substituents is 1. The van der Waals surface area contributed by atoms with Crippen LogP contribution < -0.4 is 10.6 Å². The van der Waals surface area contributed by atoms with E-state index in [-0.39, 0.29) is 11.7 Å². The summed E-state index contributed by atoms with van der Waals surface area (Å²) in [6.07, 6.45) is 1.88. The van der Waals surface area contributed by atoms with Crippen LogP contribution in [0.1, 0.15) is 19.8 Å². The van der Waals surface area contributed by atoms with Crippen LogP contribution in [0.2, 0.25) is 0 Å². The minimum absolute atomic E-state index is 0.0675. The summed E-state index contributed by atoms with van der Waals surface area (Å²) in [5, 5.41) is 15.9. The highest BCUT2D eigenvalue weighted by Crippen LogP contribution is 2.26. The van der Waals surface area contributed by atoms with Crippen molar-refractivity contribution in [3.63, 3.8) is 0 Å². The molecule has 0 heterocycles. The number of urea groups is 1. The second kappa shape index (κ2) is 6.95. The van der Waals surface area contributed by atoms with E-state index < -0.39 is 4.92 Å². The van der Waals surface area contributed by atoms with Crippen LogP contribution in [0.15, 0.2) is 22.7 Å². The van der Waals surface area contributed by atoms with Gasteiger partial charge in [-0.2, -0.15) is 0 Å². The minimum Gasteiger partial charge on any atom is -0.338 e. The number of hydrogen-bond donors (Lipinski definition) is 2. The van der Waals surface area contributed by atoms with E-state index in [1.807, 2.05) is 6.92 Å². The number of carbonyl (C=O) groups is 1. The van der Waals surface area contributed by atoms with E-state index in [4.69, 9.17) is 0 Å². The summed E-state index contributed by atoms with van der Waals surface area (Å²) >= 11 is 3.22. The van der Waals surface area contributed by atoms with Crippen molar-refractivity contribution < 1.29 is 9.72 Å². The Hall–Kier alpha value is -1.63. The van der Waals surface area contributed by atoms with Crippen LogP contribution in [0.4, 0.5) is 16.2 Å². The zero-order chi connectivity index (χ0) is 13.5. The third-order valence-corrected chi connectivity index (χ3v) is 2.92. The van der Waals surface area contributed by atoms with Gasteiger partial charge in [0.25, 0.3) is 5.69 Å². The monoisotopic (exact) mass is 315 g/mol. The molecule has 0 spiro atoms. The van der Waals surface area contributed by atoms with Crippen LogP contribution in [0.3, 0.4) is 0 Å². The van der Waals surface area contributed by atoms with Crippen LogP contribution in [0.5, 0.6) is 0 Å². The number of anilines is 1. The second-order valence-corrected chi connectivity index (χ2v) is 4.51. The van der Waals surface area contributed by atoms with Crippen molar-refractivity contribution in [1.82, 2.24) is 5.32 Å². The van der Waals surface area contributed by atoms with Gasteiger partial charge in [-0.05, 0) is 28.4 Å². The molecule has 2 N–H and O–H groups in total. The zero-order valence-electron chi connectivity index (χ0n) is 9.90. The fraction of sp³-hybridized carbons (Fsp3) is 0.364. The number of amides is 2. The standard InChI is InChI=1S/C11H14BrN3O3/c1-2-3-6-13-11(16)14-10-7-8(15(17)18)4-5-9(10)12/h4-5,7H,2-3,6H2,1H3,(H2,13,14,16). The van der Waals surface area contributed by atoms with E-state index in [9.17, 15) is 14.9 Å². The topological polar surface area (TPSA) is 84.3 Å². The Morgan fingerprint density at radius 3 is 2.83 bits per heavy atom. The lowest BCUT2D eigenvalue weighted by atomic mass is 10.3. The fourth-order valence-corrected chi connectivity index (χ4v) is 1.61. The molecule has 0 saturated carbocycles. The van der Waals surface area contributed by atoms with Crippen LogP contribution in [-0.4, -0.2) is 17.5 Å². The molecule has 1 aromatic rings. The summed E-state index contributed by atoms with van der Waals surface area (Å²) in [7, 11) is 0. The van der Waals surface area contributed by atoms with Crippen molar-refractivity contribution >= 4 is 33.3 Å². The Morgan fingerprint density at radius 2 is 2.22 bits per heavy atom. The SMILES string of the molecule is CCCCNC(=O)Nc1cc([N+](=O)[O-])ccc1Br. The van der Waals surface area contributed by atoms with Gasteiger partial charge in [0.2, 0.25) is 0 Å². The number of halogens is 1. The molecular weight excluding hydrogens is 302 g/mol. The van der Waals surface area contributed by atoms with Gasteiger partial charge in [-0.3, -0.25) is 10.1 Å². The van der Waals surface area contributed by atoms with Gasteiger partial charge in [0.05, 0.1) is 10.6 Å². The third kappa shape index (κ3) is 4.33. The molecular formula is C11H14BrN3O3. The predicted octanol–water partition coefficient (Wildman–Crippen LogP) is 3.28. The summed E-state index contributed by atoms with van der Waals surface area (Å²) in [6.45, 7) is 2.60. The van der Waals surface area contributed by atoms with E-state index in [0.717, 1.165) is 12.8 Å². The van der Waals surface area contributed by atoms with E-state index in [2.05, 4.69) is 26.6 Å². The molecule has 0 atom stereocenters. The number of nitrogens with zero attached hydrogens (tertiary/aromatic N) is 1. The largest absolute Gasteiger partial charge is 0.338 e. The maximum atomic E-state index is 11.5. The summed E-state index contributed by atoms with van der Waals surface area (Å²) in [5.41, 5.74) is 0.306. The summed E-state index contributed by atoms with van der Waals surface area (Å²) in [5.74, 6) is 0. The number of non-ortho nitro benzene ring substituents is 1. The maximum Gasteiger partial charge on any atom is 0.319 e. The quantitative estimate of drug-likeness (QED) is 0.497. The first kappa shape index (κ1) is 14.4. The molecule has 0 aliphatic carbocycles. The molecule has 0 fully saturated rings. The number of carbonyl (C=O) groups excluding carboxylic acids is 1. The zero-order valence-corrected chi connectivity index (χ0v) is 11.5. The van der Waals surface area contributed by atoms with E-state index in [0.29, 0.717) is 16.7 Å². The summed E-state index contributed by atoms with van der Waals surface area (Å²) in [6, 6.07) is 3.83. The summed E-state index contributed by atoms with van der Waals surface area (Å²) < 4.78 is 0.596. The highest BCUT2D eigenvalue weighted by Gasteiger charge is 2.11. The highest BCUT2D eigenvalue weighted by molar-refractivity contribution is 9.10. The van der Waals surface area contributed by atoms with Crippen molar-refractivity contribution in [3.05, 3.63) is 32.8 Å². The Morgan fingerprint density at radius 1 is 1.50 bits per heavy atom. The molecule has 0 aliphatic rings. The molecule has 18 heavy (non-hydrogen) atoms. The lowest BCUT2D eigenvalue weighted by molar-refractivity contribution is -0.384. The Labute approximate surface area is 113 Å². The lowest BCUT2D eigenvalue weighted by Gasteiger charge is -2.08. The van der Waals surface area contributed by atoms with Gasteiger partial charge in [-0.1, -0.05) is 13.3 Å². The minimum atomic E-state index is -0.507. The first-order chi connectivity index (χ1) is 8.54. The van der Waals surface area contributed by atoms with E-state index in [1.54, 1.807) is 0 Å². The molecule has 0 aromatic heterocycles. The molecule has 1 rings (SSSR count). The first-order valence-electron chi connectivity index (χ1n) is 5.53. The molecule has 6 nitrogen and oxygen atoms in total. The van der Waals surface area contributed by atoms with Crippen molar-refractivity contribution in [3.8, 4) is 0 Å². The van der Waals surface area contributed by atoms with Gasteiger partial charge in [0, 0.05) is 23.2 Å². The smallest absolute Gasteiger partial charge is 0.319 e. The number of nitro groups is 1.